The lowest BCUT2D eigenvalue weighted by atomic mass is 10.0. The second-order valence-corrected chi connectivity index (χ2v) is 6.97. The van der Waals surface area contributed by atoms with Gasteiger partial charge in [-0.25, -0.2) is 4.79 Å². The zero-order valence-corrected chi connectivity index (χ0v) is 18.0. The second kappa shape index (κ2) is 11.2. The number of pyridine rings is 1. The van der Waals surface area contributed by atoms with E-state index in [4.69, 9.17) is 4.74 Å². The molecule has 0 saturated heterocycles. The van der Waals surface area contributed by atoms with E-state index in [1.165, 1.54) is 0 Å². The first-order valence-corrected chi connectivity index (χ1v) is 10.1. The molecule has 1 heterocycles. The van der Waals surface area contributed by atoms with Crippen LogP contribution in [0.4, 0.5) is 16.2 Å². The van der Waals surface area contributed by atoms with E-state index in [1.54, 1.807) is 48.8 Å². The normalized spacial score (nSPS) is 11.0. The molecular weight excluding hydrogens is 400 g/mol. The van der Waals surface area contributed by atoms with Gasteiger partial charge in [0.2, 0.25) is 0 Å². The highest BCUT2D eigenvalue weighted by Crippen LogP contribution is 2.20. The molecule has 0 aliphatic heterocycles. The number of aromatic nitrogens is 1. The van der Waals surface area contributed by atoms with Crippen molar-refractivity contribution in [3.8, 4) is 5.75 Å². The first kappa shape index (κ1) is 22.4. The van der Waals surface area contributed by atoms with Crippen LogP contribution < -0.4 is 20.7 Å². The monoisotopic (exact) mass is 426 g/mol. The number of rotatable bonds is 9. The minimum atomic E-state index is -0.332. The largest absolute Gasteiger partial charge is 0.487 e. The Labute approximate surface area is 188 Å². The van der Waals surface area contributed by atoms with E-state index in [2.05, 4.69) is 34.1 Å². The van der Waals surface area contributed by atoms with Gasteiger partial charge in [-0.3, -0.25) is 4.98 Å². The highest BCUT2D eigenvalue weighted by atomic mass is 16.5. The van der Waals surface area contributed by atoms with Crippen LogP contribution in [0.1, 0.15) is 12.5 Å². The van der Waals surface area contributed by atoms with E-state index in [0.29, 0.717) is 23.7 Å². The number of ether oxygens (including phenoxy) is 1. The Kier molecular flexibility index (Phi) is 7.81. The van der Waals surface area contributed by atoms with Gasteiger partial charge in [-0.2, -0.15) is 0 Å². The number of hydrogen-bond acceptors (Lipinski definition) is 4. The van der Waals surface area contributed by atoms with E-state index in [0.717, 1.165) is 22.5 Å². The van der Waals surface area contributed by atoms with E-state index < -0.39 is 0 Å². The van der Waals surface area contributed by atoms with Crippen LogP contribution in [0.2, 0.25) is 0 Å². The Morgan fingerprint density at radius 3 is 2.22 bits per heavy atom. The number of nitrogens with zero attached hydrogens (tertiary/aromatic N) is 1. The average Bonchev–Trinajstić information content (AvgIpc) is 2.80. The van der Waals surface area contributed by atoms with Crippen molar-refractivity contribution in [1.29, 1.82) is 0 Å². The molecule has 162 valence electrons. The van der Waals surface area contributed by atoms with E-state index in [1.807, 2.05) is 43.3 Å². The van der Waals surface area contributed by atoms with Crippen molar-refractivity contribution in [2.24, 2.45) is 0 Å². The third-order valence-electron chi connectivity index (χ3n) is 4.52. The summed E-state index contributed by atoms with van der Waals surface area (Å²) in [6, 6.07) is 20.3. The van der Waals surface area contributed by atoms with Gasteiger partial charge in [-0.15, -0.1) is 0 Å². The predicted octanol–water partition coefficient (Wildman–Crippen LogP) is 5.82. The summed E-state index contributed by atoms with van der Waals surface area (Å²) in [7, 11) is 0. The first-order valence-electron chi connectivity index (χ1n) is 10.1. The Balaban J connectivity index is 1.50. The molecule has 0 spiro atoms. The molecule has 3 aromatic rings. The third kappa shape index (κ3) is 6.60. The number of anilines is 2. The maximum absolute atomic E-state index is 12.1. The molecule has 0 aliphatic carbocycles. The molecule has 0 bridgehead atoms. The maximum Gasteiger partial charge on any atom is 0.323 e. The second-order valence-electron chi connectivity index (χ2n) is 6.97. The SMILES string of the molecule is C=C/C(=C(\C)NC(=C)COc1ccc(NC(=O)Nc2ccncc2)cc1)c1ccccc1. The van der Waals surface area contributed by atoms with Crippen LogP contribution >= 0.6 is 0 Å². The molecule has 0 unspecified atom stereocenters. The number of urea groups is 1. The lowest BCUT2D eigenvalue weighted by Gasteiger charge is -2.15. The van der Waals surface area contributed by atoms with Gasteiger partial charge in [0.15, 0.2) is 0 Å². The molecule has 6 heteroatoms. The minimum Gasteiger partial charge on any atom is -0.487 e. The summed E-state index contributed by atoms with van der Waals surface area (Å²) in [5.74, 6) is 0.668. The number of amides is 2. The average molecular weight is 427 g/mol. The van der Waals surface area contributed by atoms with Crippen molar-refractivity contribution in [1.82, 2.24) is 10.3 Å². The zero-order chi connectivity index (χ0) is 22.8. The molecule has 0 fully saturated rings. The van der Waals surface area contributed by atoms with Crippen LogP contribution in [0.3, 0.4) is 0 Å². The maximum atomic E-state index is 12.1. The molecule has 3 rings (SSSR count). The summed E-state index contributed by atoms with van der Waals surface area (Å²) in [4.78, 5) is 16.0. The quantitative estimate of drug-likeness (QED) is 0.377. The summed E-state index contributed by atoms with van der Waals surface area (Å²) in [6.45, 7) is 10.2. The van der Waals surface area contributed by atoms with Crippen LogP contribution in [0.15, 0.2) is 110 Å². The van der Waals surface area contributed by atoms with E-state index in [-0.39, 0.29) is 6.03 Å². The summed E-state index contributed by atoms with van der Waals surface area (Å²) >= 11 is 0. The van der Waals surface area contributed by atoms with Gasteiger partial charge in [-0.1, -0.05) is 49.6 Å². The lowest BCUT2D eigenvalue weighted by molar-refractivity contribution is 0.262. The number of hydrogen-bond donors (Lipinski definition) is 3. The Morgan fingerprint density at radius 2 is 1.59 bits per heavy atom. The molecule has 0 radical (unpaired) electrons. The molecule has 6 nitrogen and oxygen atoms in total. The van der Waals surface area contributed by atoms with Gasteiger partial charge in [0.1, 0.15) is 12.4 Å². The summed E-state index contributed by atoms with van der Waals surface area (Å²) < 4.78 is 5.80. The Hall–Kier alpha value is -4.32. The van der Waals surface area contributed by atoms with Gasteiger partial charge >= 0.3 is 6.03 Å². The van der Waals surface area contributed by atoms with Crippen molar-refractivity contribution in [2.45, 2.75) is 6.92 Å². The molecule has 1 aromatic heterocycles. The number of carbonyl (C=O) groups excluding carboxylic acids is 1. The minimum absolute atomic E-state index is 0.297. The van der Waals surface area contributed by atoms with E-state index in [9.17, 15) is 4.79 Å². The Bertz CT molecular complexity index is 1090. The summed E-state index contributed by atoms with van der Waals surface area (Å²) in [5, 5.41) is 8.79. The van der Waals surface area contributed by atoms with Crippen LogP contribution in [0.25, 0.3) is 5.57 Å². The molecule has 0 atom stereocenters. The van der Waals surface area contributed by atoms with Crippen LogP contribution in [-0.4, -0.2) is 17.6 Å². The molecule has 3 N–H and O–H groups in total. The van der Waals surface area contributed by atoms with Crippen molar-refractivity contribution in [3.63, 3.8) is 0 Å². The van der Waals surface area contributed by atoms with Crippen LogP contribution in [-0.2, 0) is 0 Å². The predicted molar refractivity (Wildman–Crippen MR) is 130 cm³/mol. The van der Waals surface area contributed by atoms with E-state index >= 15 is 0 Å². The third-order valence-corrected chi connectivity index (χ3v) is 4.52. The fourth-order valence-electron chi connectivity index (χ4n) is 3.01. The van der Waals surface area contributed by atoms with Gasteiger partial charge in [0.25, 0.3) is 0 Å². The molecule has 0 aliphatic rings. The lowest BCUT2D eigenvalue weighted by Crippen LogP contribution is -2.19. The van der Waals surface area contributed by atoms with Crippen molar-refractivity contribution < 1.29 is 9.53 Å². The number of allylic oxidation sites excluding steroid dienone is 3. The standard InChI is InChI=1S/C26H26N4O2/c1-4-25(21-8-6-5-7-9-21)20(3)28-19(2)18-32-24-12-10-22(11-13-24)29-26(31)30-23-14-16-27-17-15-23/h4-17,28H,1-2,18H2,3H3,(H2,27,29,30,31)/b25-20-. The van der Waals surface area contributed by atoms with Crippen LogP contribution in [0.5, 0.6) is 5.75 Å². The van der Waals surface area contributed by atoms with Gasteiger partial charge in [-0.05, 0) is 48.9 Å². The highest BCUT2D eigenvalue weighted by molar-refractivity contribution is 5.99. The first-order chi connectivity index (χ1) is 15.5. The fourth-order valence-corrected chi connectivity index (χ4v) is 3.01. The molecule has 2 aromatic carbocycles. The molecule has 0 saturated carbocycles. The fraction of sp³-hybridized carbons (Fsp3) is 0.0769. The van der Waals surface area contributed by atoms with Gasteiger partial charge in [0, 0.05) is 40.7 Å². The van der Waals surface area contributed by atoms with Crippen LogP contribution in [0, 0.1) is 0 Å². The summed E-state index contributed by atoms with van der Waals surface area (Å²) in [5.41, 5.74) is 5.07. The zero-order valence-electron chi connectivity index (χ0n) is 18.0. The Morgan fingerprint density at radius 1 is 0.969 bits per heavy atom. The molecular formula is C26H26N4O2. The molecule has 2 amide bonds. The topological polar surface area (TPSA) is 75.3 Å². The number of benzene rings is 2. The summed E-state index contributed by atoms with van der Waals surface area (Å²) in [6.07, 6.45) is 5.05. The van der Waals surface area contributed by atoms with Gasteiger partial charge < -0.3 is 20.7 Å². The smallest absolute Gasteiger partial charge is 0.323 e. The number of nitrogens with one attached hydrogen (secondary N) is 3. The number of carbonyl (C=O) groups is 1. The molecule has 32 heavy (non-hydrogen) atoms. The van der Waals surface area contributed by atoms with Crippen molar-refractivity contribution in [3.05, 3.63) is 115 Å². The van der Waals surface area contributed by atoms with Crippen molar-refractivity contribution in [2.75, 3.05) is 17.2 Å². The van der Waals surface area contributed by atoms with Gasteiger partial charge in [0.05, 0.1) is 0 Å². The highest BCUT2D eigenvalue weighted by Gasteiger charge is 2.05. The van der Waals surface area contributed by atoms with Crippen molar-refractivity contribution >= 4 is 23.0 Å².